The lowest BCUT2D eigenvalue weighted by molar-refractivity contribution is 0.283. The number of halogens is 2. The van der Waals surface area contributed by atoms with Crippen LogP contribution >= 0.6 is 27.5 Å². The second-order valence-electron chi connectivity index (χ2n) is 5.18. The van der Waals surface area contributed by atoms with Gasteiger partial charge in [0.05, 0.1) is 12.6 Å². The molecule has 1 aliphatic heterocycles. The second kappa shape index (κ2) is 6.39. The highest BCUT2D eigenvalue weighted by Gasteiger charge is 2.22. The van der Waals surface area contributed by atoms with E-state index in [2.05, 4.69) is 45.5 Å². The molecule has 0 aliphatic carbocycles. The van der Waals surface area contributed by atoms with Gasteiger partial charge in [-0.2, -0.15) is 0 Å². The van der Waals surface area contributed by atoms with Gasteiger partial charge in [-0.15, -0.1) is 0 Å². The predicted molar refractivity (Wildman–Crippen MR) is 90.3 cm³/mol. The first-order chi connectivity index (χ1) is 10.2. The van der Waals surface area contributed by atoms with Gasteiger partial charge in [0.2, 0.25) is 0 Å². The standard InChI is InChI=1S/C17H17BrClNO/c1-20-16(13-8-7-12(19)10-15(13)18)14-6-2-4-11-5-3-9-21-17(11)14/h2,4,6-8,10,16,20H,3,5,9H2,1H3. The van der Waals surface area contributed by atoms with Crippen LogP contribution in [-0.2, 0) is 6.42 Å². The Hall–Kier alpha value is -1.03. The molecule has 1 aliphatic rings. The van der Waals surface area contributed by atoms with Crippen LogP contribution in [0.3, 0.4) is 0 Å². The fraction of sp³-hybridized carbons (Fsp3) is 0.294. The molecule has 0 radical (unpaired) electrons. The van der Waals surface area contributed by atoms with E-state index in [1.165, 1.54) is 11.1 Å². The molecule has 110 valence electrons. The SMILES string of the molecule is CNC(c1ccc(Cl)cc1Br)c1cccc2c1OCCC2. The summed E-state index contributed by atoms with van der Waals surface area (Å²) in [4.78, 5) is 0. The number of hydrogen-bond acceptors (Lipinski definition) is 2. The largest absolute Gasteiger partial charge is 0.493 e. The molecule has 0 aromatic heterocycles. The van der Waals surface area contributed by atoms with Crippen molar-refractivity contribution in [2.45, 2.75) is 18.9 Å². The number of nitrogens with one attached hydrogen (secondary N) is 1. The van der Waals surface area contributed by atoms with Gasteiger partial charge in [0.1, 0.15) is 5.75 Å². The van der Waals surface area contributed by atoms with Crippen molar-refractivity contribution in [1.82, 2.24) is 5.32 Å². The molecule has 0 spiro atoms. The Bertz CT molecular complexity index is 659. The smallest absolute Gasteiger partial charge is 0.127 e. The Labute approximate surface area is 138 Å². The molecule has 1 heterocycles. The molecule has 0 amide bonds. The van der Waals surface area contributed by atoms with Crippen molar-refractivity contribution in [3.05, 3.63) is 62.6 Å². The predicted octanol–water partition coefficient (Wildman–Crippen LogP) is 4.74. The normalized spacial score (nSPS) is 15.2. The summed E-state index contributed by atoms with van der Waals surface area (Å²) in [6.07, 6.45) is 2.17. The molecule has 4 heteroatoms. The van der Waals surface area contributed by atoms with Crippen molar-refractivity contribution in [3.63, 3.8) is 0 Å². The summed E-state index contributed by atoms with van der Waals surface area (Å²) in [5.74, 6) is 1.03. The Balaban J connectivity index is 2.08. The molecule has 3 rings (SSSR count). The van der Waals surface area contributed by atoms with Crippen LogP contribution in [0.15, 0.2) is 40.9 Å². The second-order valence-corrected chi connectivity index (χ2v) is 6.47. The summed E-state index contributed by atoms with van der Waals surface area (Å²) >= 11 is 9.67. The van der Waals surface area contributed by atoms with Gasteiger partial charge >= 0.3 is 0 Å². The Morgan fingerprint density at radius 2 is 2.10 bits per heavy atom. The van der Waals surface area contributed by atoms with Crippen LogP contribution in [-0.4, -0.2) is 13.7 Å². The minimum atomic E-state index is 0.0738. The molecule has 2 aromatic carbocycles. The molecule has 1 N–H and O–H groups in total. The zero-order valence-corrected chi connectivity index (χ0v) is 14.2. The van der Waals surface area contributed by atoms with Gasteiger partial charge in [-0.05, 0) is 43.1 Å². The van der Waals surface area contributed by atoms with Crippen LogP contribution in [0.4, 0.5) is 0 Å². The summed E-state index contributed by atoms with van der Waals surface area (Å²) in [5.41, 5.74) is 3.63. The van der Waals surface area contributed by atoms with E-state index in [4.69, 9.17) is 16.3 Å². The molecule has 0 fully saturated rings. The molecule has 0 bridgehead atoms. The van der Waals surface area contributed by atoms with Crippen LogP contribution in [0, 0.1) is 0 Å². The molecule has 21 heavy (non-hydrogen) atoms. The molecule has 2 nitrogen and oxygen atoms in total. The minimum absolute atomic E-state index is 0.0738. The van der Waals surface area contributed by atoms with Crippen LogP contribution in [0.25, 0.3) is 0 Å². The minimum Gasteiger partial charge on any atom is -0.493 e. The topological polar surface area (TPSA) is 21.3 Å². The maximum Gasteiger partial charge on any atom is 0.127 e. The number of benzene rings is 2. The lowest BCUT2D eigenvalue weighted by Gasteiger charge is -2.26. The third-order valence-electron chi connectivity index (χ3n) is 3.84. The Kier molecular flexibility index (Phi) is 4.53. The average molecular weight is 367 g/mol. The summed E-state index contributed by atoms with van der Waals surface area (Å²) in [6.45, 7) is 0.794. The first kappa shape index (κ1) is 14.9. The van der Waals surface area contributed by atoms with Crippen LogP contribution in [0.5, 0.6) is 5.75 Å². The first-order valence-corrected chi connectivity index (χ1v) is 8.24. The number of hydrogen-bond donors (Lipinski definition) is 1. The zero-order valence-electron chi connectivity index (χ0n) is 11.8. The van der Waals surface area contributed by atoms with Crippen molar-refractivity contribution in [3.8, 4) is 5.75 Å². The van der Waals surface area contributed by atoms with Gasteiger partial charge in [0, 0.05) is 15.1 Å². The van der Waals surface area contributed by atoms with E-state index < -0.39 is 0 Å². The fourth-order valence-corrected chi connectivity index (χ4v) is 3.77. The molecule has 1 unspecified atom stereocenters. The van der Waals surface area contributed by atoms with E-state index >= 15 is 0 Å². The molecular weight excluding hydrogens is 350 g/mol. The van der Waals surface area contributed by atoms with E-state index in [1.807, 2.05) is 19.2 Å². The summed E-state index contributed by atoms with van der Waals surface area (Å²) in [5, 5.41) is 4.12. The van der Waals surface area contributed by atoms with Gasteiger partial charge in [0.15, 0.2) is 0 Å². The van der Waals surface area contributed by atoms with Crippen molar-refractivity contribution in [2.24, 2.45) is 0 Å². The quantitative estimate of drug-likeness (QED) is 0.847. The number of fused-ring (bicyclic) bond motifs is 1. The lowest BCUT2D eigenvalue weighted by atomic mass is 9.94. The maximum atomic E-state index is 6.05. The van der Waals surface area contributed by atoms with Crippen molar-refractivity contribution < 1.29 is 4.74 Å². The molecule has 2 aromatic rings. The fourth-order valence-electron chi connectivity index (χ4n) is 2.86. The molecule has 0 saturated carbocycles. The van der Waals surface area contributed by atoms with Crippen LogP contribution < -0.4 is 10.1 Å². The summed E-state index contributed by atoms with van der Waals surface area (Å²) in [7, 11) is 1.97. The number of ether oxygens (including phenoxy) is 1. The van der Waals surface area contributed by atoms with Gasteiger partial charge in [-0.25, -0.2) is 0 Å². The molecule has 1 atom stereocenters. The Morgan fingerprint density at radius 3 is 2.86 bits per heavy atom. The average Bonchev–Trinajstić information content (AvgIpc) is 2.50. The monoisotopic (exact) mass is 365 g/mol. The van der Waals surface area contributed by atoms with Gasteiger partial charge in [0.25, 0.3) is 0 Å². The first-order valence-electron chi connectivity index (χ1n) is 7.07. The highest BCUT2D eigenvalue weighted by Crippen LogP contribution is 2.38. The Morgan fingerprint density at radius 1 is 1.24 bits per heavy atom. The van der Waals surface area contributed by atoms with E-state index in [0.717, 1.165) is 40.3 Å². The summed E-state index contributed by atoms with van der Waals surface area (Å²) in [6, 6.07) is 12.4. The van der Waals surface area contributed by atoms with E-state index in [0.29, 0.717) is 0 Å². The molecule has 0 saturated heterocycles. The van der Waals surface area contributed by atoms with Crippen LogP contribution in [0.2, 0.25) is 5.02 Å². The number of para-hydroxylation sites is 1. The third-order valence-corrected chi connectivity index (χ3v) is 4.76. The van der Waals surface area contributed by atoms with Crippen LogP contribution in [0.1, 0.15) is 29.2 Å². The van der Waals surface area contributed by atoms with E-state index in [9.17, 15) is 0 Å². The van der Waals surface area contributed by atoms with Gasteiger partial charge in [-0.1, -0.05) is 51.8 Å². The zero-order chi connectivity index (χ0) is 14.8. The van der Waals surface area contributed by atoms with Gasteiger partial charge in [-0.3, -0.25) is 0 Å². The number of rotatable bonds is 3. The van der Waals surface area contributed by atoms with Gasteiger partial charge < -0.3 is 10.1 Å². The van der Waals surface area contributed by atoms with E-state index in [-0.39, 0.29) is 6.04 Å². The molecular formula is C17H17BrClNO. The highest BCUT2D eigenvalue weighted by atomic mass is 79.9. The highest BCUT2D eigenvalue weighted by molar-refractivity contribution is 9.10. The van der Waals surface area contributed by atoms with Crippen molar-refractivity contribution >= 4 is 27.5 Å². The maximum absolute atomic E-state index is 6.05. The van der Waals surface area contributed by atoms with E-state index in [1.54, 1.807) is 0 Å². The van der Waals surface area contributed by atoms with Crippen molar-refractivity contribution in [1.29, 1.82) is 0 Å². The number of aryl methyl sites for hydroxylation is 1. The lowest BCUT2D eigenvalue weighted by Crippen LogP contribution is -2.21. The van der Waals surface area contributed by atoms with Crippen molar-refractivity contribution in [2.75, 3.05) is 13.7 Å². The summed E-state index contributed by atoms with van der Waals surface area (Å²) < 4.78 is 6.94. The third kappa shape index (κ3) is 2.96.